The number of pyridine rings is 1. The van der Waals surface area contributed by atoms with E-state index in [4.69, 9.17) is 11.6 Å². The van der Waals surface area contributed by atoms with E-state index in [1.807, 2.05) is 30.3 Å². The van der Waals surface area contributed by atoms with E-state index in [1.54, 1.807) is 6.07 Å². The fourth-order valence-electron chi connectivity index (χ4n) is 1.99. The number of anilines is 1. The molecule has 0 bridgehead atoms. The summed E-state index contributed by atoms with van der Waals surface area (Å²) < 4.78 is 13.7. The molecule has 1 amide bonds. The molecule has 104 valence electrons. The molecule has 0 radical (unpaired) electrons. The Hall–Kier alpha value is -2.46. The molecule has 0 aliphatic heterocycles. The van der Waals surface area contributed by atoms with Gasteiger partial charge in [-0.3, -0.25) is 4.79 Å². The van der Waals surface area contributed by atoms with E-state index in [1.165, 1.54) is 12.1 Å². The third-order valence-corrected chi connectivity index (χ3v) is 3.25. The van der Waals surface area contributed by atoms with Gasteiger partial charge in [0.2, 0.25) is 0 Å². The maximum absolute atomic E-state index is 13.7. The number of hydrogen-bond donors (Lipinski definition) is 1. The lowest BCUT2D eigenvalue weighted by atomic mass is 10.2. The topological polar surface area (TPSA) is 42.0 Å². The Morgan fingerprint density at radius 2 is 1.90 bits per heavy atom. The molecule has 1 heterocycles. The van der Waals surface area contributed by atoms with Crippen molar-refractivity contribution in [3.8, 4) is 0 Å². The number of fused-ring (bicyclic) bond motifs is 1. The van der Waals surface area contributed by atoms with Gasteiger partial charge < -0.3 is 5.32 Å². The minimum Gasteiger partial charge on any atom is -0.306 e. The molecule has 0 aliphatic rings. The fourth-order valence-corrected chi connectivity index (χ4v) is 2.15. The Bertz CT molecular complexity index is 835. The molecule has 0 saturated carbocycles. The van der Waals surface area contributed by atoms with E-state index in [0.29, 0.717) is 5.82 Å². The zero-order chi connectivity index (χ0) is 14.8. The van der Waals surface area contributed by atoms with Gasteiger partial charge in [0.05, 0.1) is 11.1 Å². The first-order valence-corrected chi connectivity index (χ1v) is 6.63. The maximum atomic E-state index is 13.7. The SMILES string of the molecule is O=C(Nc1ccc2ccccc2n1)c1ccc(Cl)cc1F. The van der Waals surface area contributed by atoms with Gasteiger partial charge in [-0.25, -0.2) is 9.37 Å². The number of aromatic nitrogens is 1. The van der Waals surface area contributed by atoms with E-state index in [9.17, 15) is 9.18 Å². The Kier molecular flexibility index (Phi) is 3.54. The van der Waals surface area contributed by atoms with E-state index in [0.717, 1.165) is 17.0 Å². The van der Waals surface area contributed by atoms with Crippen molar-refractivity contribution in [3.05, 3.63) is 71.0 Å². The van der Waals surface area contributed by atoms with Gasteiger partial charge in [0.25, 0.3) is 5.91 Å². The predicted octanol–water partition coefficient (Wildman–Crippen LogP) is 4.28. The fraction of sp³-hybridized carbons (Fsp3) is 0. The second-order valence-corrected chi connectivity index (χ2v) is 4.90. The summed E-state index contributed by atoms with van der Waals surface area (Å²) in [5.41, 5.74) is 0.682. The molecule has 3 rings (SSSR count). The van der Waals surface area contributed by atoms with E-state index in [2.05, 4.69) is 10.3 Å². The van der Waals surface area contributed by atoms with Crippen molar-refractivity contribution in [2.24, 2.45) is 0 Å². The molecule has 0 unspecified atom stereocenters. The van der Waals surface area contributed by atoms with Crippen LogP contribution in [-0.2, 0) is 0 Å². The minimum atomic E-state index is -0.666. The number of halogens is 2. The van der Waals surface area contributed by atoms with Crippen LogP contribution in [0.5, 0.6) is 0 Å². The zero-order valence-corrected chi connectivity index (χ0v) is 11.6. The highest BCUT2D eigenvalue weighted by molar-refractivity contribution is 6.30. The van der Waals surface area contributed by atoms with Crippen molar-refractivity contribution >= 4 is 34.2 Å². The molecule has 0 fully saturated rings. The Morgan fingerprint density at radius 3 is 2.71 bits per heavy atom. The number of carbonyl (C=O) groups excluding carboxylic acids is 1. The van der Waals surface area contributed by atoms with Crippen molar-refractivity contribution in [1.82, 2.24) is 4.98 Å². The van der Waals surface area contributed by atoms with Gasteiger partial charge >= 0.3 is 0 Å². The molecule has 0 spiro atoms. The normalized spacial score (nSPS) is 10.6. The van der Waals surface area contributed by atoms with Crippen molar-refractivity contribution in [2.45, 2.75) is 0 Å². The molecule has 5 heteroatoms. The lowest BCUT2D eigenvalue weighted by Crippen LogP contribution is -2.14. The number of carbonyl (C=O) groups is 1. The highest BCUT2D eigenvalue weighted by Crippen LogP contribution is 2.18. The molecular weight excluding hydrogens is 291 g/mol. The molecule has 3 aromatic rings. The third kappa shape index (κ3) is 2.85. The maximum Gasteiger partial charge on any atom is 0.259 e. The molecule has 21 heavy (non-hydrogen) atoms. The average Bonchev–Trinajstić information content (AvgIpc) is 2.47. The Balaban J connectivity index is 1.89. The number of hydrogen-bond acceptors (Lipinski definition) is 2. The third-order valence-electron chi connectivity index (χ3n) is 3.02. The highest BCUT2D eigenvalue weighted by Gasteiger charge is 2.12. The minimum absolute atomic E-state index is 0.0747. The first-order valence-electron chi connectivity index (χ1n) is 6.26. The molecular formula is C16H10ClFN2O. The first-order chi connectivity index (χ1) is 10.1. The highest BCUT2D eigenvalue weighted by atomic mass is 35.5. The van der Waals surface area contributed by atoms with Crippen LogP contribution in [0.1, 0.15) is 10.4 Å². The summed E-state index contributed by atoms with van der Waals surface area (Å²) >= 11 is 5.66. The van der Waals surface area contributed by atoms with Gasteiger partial charge in [-0.1, -0.05) is 29.8 Å². The van der Waals surface area contributed by atoms with Crippen molar-refractivity contribution < 1.29 is 9.18 Å². The number of para-hydroxylation sites is 1. The smallest absolute Gasteiger partial charge is 0.259 e. The molecule has 0 atom stereocenters. The first kappa shape index (κ1) is 13.5. The van der Waals surface area contributed by atoms with E-state index < -0.39 is 11.7 Å². The molecule has 2 aromatic carbocycles. The second kappa shape index (κ2) is 5.50. The zero-order valence-electron chi connectivity index (χ0n) is 10.8. The van der Waals surface area contributed by atoms with Crippen molar-refractivity contribution in [1.29, 1.82) is 0 Å². The lowest BCUT2D eigenvalue weighted by molar-refractivity contribution is 0.102. The van der Waals surface area contributed by atoms with Crippen LogP contribution in [0.25, 0.3) is 10.9 Å². The van der Waals surface area contributed by atoms with Crippen LogP contribution < -0.4 is 5.32 Å². The standard InChI is InChI=1S/C16H10ClFN2O/c17-11-6-7-12(13(18)9-11)16(21)20-15-8-5-10-3-1-2-4-14(10)19-15/h1-9H,(H,19,20,21). The summed E-state index contributed by atoms with van der Waals surface area (Å²) in [4.78, 5) is 16.4. The van der Waals surface area contributed by atoms with Gasteiger partial charge in [0.1, 0.15) is 11.6 Å². The summed E-state index contributed by atoms with van der Waals surface area (Å²) in [5.74, 6) is -0.860. The molecule has 0 saturated heterocycles. The van der Waals surface area contributed by atoms with Crippen LogP contribution in [0.3, 0.4) is 0 Å². The number of nitrogens with one attached hydrogen (secondary N) is 1. The van der Waals surface area contributed by atoms with Crippen LogP contribution in [0.4, 0.5) is 10.2 Å². The van der Waals surface area contributed by atoms with E-state index in [-0.39, 0.29) is 10.6 Å². The number of amides is 1. The van der Waals surface area contributed by atoms with Crippen LogP contribution in [-0.4, -0.2) is 10.9 Å². The second-order valence-electron chi connectivity index (χ2n) is 4.47. The van der Waals surface area contributed by atoms with Gasteiger partial charge in [0, 0.05) is 10.4 Å². The van der Waals surface area contributed by atoms with Crippen molar-refractivity contribution in [2.75, 3.05) is 5.32 Å². The average molecular weight is 301 g/mol. The summed E-state index contributed by atoms with van der Waals surface area (Å²) in [6.07, 6.45) is 0. The monoisotopic (exact) mass is 300 g/mol. The summed E-state index contributed by atoms with van der Waals surface area (Å²) in [7, 11) is 0. The number of nitrogens with zero attached hydrogens (tertiary/aromatic N) is 1. The largest absolute Gasteiger partial charge is 0.306 e. The quantitative estimate of drug-likeness (QED) is 0.767. The van der Waals surface area contributed by atoms with Gasteiger partial charge in [-0.05, 0) is 36.4 Å². The number of benzene rings is 2. The molecule has 0 aliphatic carbocycles. The Morgan fingerprint density at radius 1 is 1.10 bits per heavy atom. The van der Waals surface area contributed by atoms with Gasteiger partial charge in [0.15, 0.2) is 0 Å². The van der Waals surface area contributed by atoms with Gasteiger partial charge in [-0.2, -0.15) is 0 Å². The van der Waals surface area contributed by atoms with Crippen LogP contribution in [0, 0.1) is 5.82 Å². The van der Waals surface area contributed by atoms with Crippen LogP contribution >= 0.6 is 11.6 Å². The van der Waals surface area contributed by atoms with Crippen LogP contribution in [0.2, 0.25) is 5.02 Å². The predicted molar refractivity (Wildman–Crippen MR) is 81.1 cm³/mol. The molecule has 1 aromatic heterocycles. The van der Waals surface area contributed by atoms with E-state index >= 15 is 0 Å². The summed E-state index contributed by atoms with van der Waals surface area (Å²) in [5, 5.41) is 3.79. The van der Waals surface area contributed by atoms with Gasteiger partial charge in [-0.15, -0.1) is 0 Å². The summed E-state index contributed by atoms with van der Waals surface area (Å²) in [6, 6.07) is 15.0. The van der Waals surface area contributed by atoms with Crippen molar-refractivity contribution in [3.63, 3.8) is 0 Å². The molecule has 1 N–H and O–H groups in total. The Labute approximate surface area is 125 Å². The summed E-state index contributed by atoms with van der Waals surface area (Å²) in [6.45, 7) is 0. The van der Waals surface area contributed by atoms with Crippen LogP contribution in [0.15, 0.2) is 54.6 Å². The lowest BCUT2D eigenvalue weighted by Gasteiger charge is -2.06. The number of rotatable bonds is 2. The molecule has 3 nitrogen and oxygen atoms in total.